The van der Waals surface area contributed by atoms with Crippen LogP contribution in [0.4, 0.5) is 11.5 Å². The van der Waals surface area contributed by atoms with Crippen LogP contribution < -0.4 is 10.2 Å². The Morgan fingerprint density at radius 1 is 0.935 bits per heavy atom. The van der Waals surface area contributed by atoms with Crippen LogP contribution in [0.15, 0.2) is 67.0 Å². The molecule has 3 heterocycles. The van der Waals surface area contributed by atoms with E-state index in [0.717, 1.165) is 30.2 Å². The van der Waals surface area contributed by atoms with E-state index in [4.69, 9.17) is 0 Å². The molecule has 1 fully saturated rings. The first-order chi connectivity index (χ1) is 15.3. The summed E-state index contributed by atoms with van der Waals surface area (Å²) in [5.74, 6) is 0.690. The first-order valence-electron chi connectivity index (χ1n) is 10.1. The zero-order valence-corrected chi connectivity index (χ0v) is 16.7. The van der Waals surface area contributed by atoms with Crippen LogP contribution in [0.2, 0.25) is 0 Å². The molecule has 1 saturated heterocycles. The summed E-state index contributed by atoms with van der Waals surface area (Å²) in [5.41, 5.74) is 3.55. The molecule has 9 heteroatoms. The lowest BCUT2D eigenvalue weighted by molar-refractivity contribution is 0.102. The normalized spacial score (nSPS) is 13.4. The van der Waals surface area contributed by atoms with Gasteiger partial charge in [-0.15, -0.1) is 15.3 Å². The Bertz CT molecular complexity index is 1180. The van der Waals surface area contributed by atoms with Crippen LogP contribution in [0.3, 0.4) is 0 Å². The maximum atomic E-state index is 12.8. The van der Waals surface area contributed by atoms with E-state index in [1.807, 2.05) is 42.5 Å². The molecule has 0 radical (unpaired) electrons. The van der Waals surface area contributed by atoms with Gasteiger partial charge in [-0.1, -0.05) is 18.2 Å². The number of nitrogens with zero attached hydrogens (tertiary/aromatic N) is 7. The number of carbonyl (C=O) groups excluding carboxylic acids is 1. The number of nitrogens with one attached hydrogen (secondary N) is 1. The van der Waals surface area contributed by atoms with Gasteiger partial charge in [0.2, 0.25) is 0 Å². The molecule has 31 heavy (non-hydrogen) atoms. The lowest BCUT2D eigenvalue weighted by Crippen LogP contribution is -2.19. The van der Waals surface area contributed by atoms with Gasteiger partial charge in [0, 0.05) is 29.9 Å². The fourth-order valence-corrected chi connectivity index (χ4v) is 3.62. The molecule has 5 rings (SSSR count). The number of anilines is 2. The van der Waals surface area contributed by atoms with Gasteiger partial charge in [-0.25, -0.2) is 4.68 Å². The third kappa shape index (κ3) is 4.11. The van der Waals surface area contributed by atoms with E-state index in [-0.39, 0.29) is 5.91 Å². The van der Waals surface area contributed by atoms with Gasteiger partial charge in [-0.2, -0.15) is 0 Å². The van der Waals surface area contributed by atoms with Crippen LogP contribution in [0.25, 0.3) is 16.9 Å². The highest BCUT2D eigenvalue weighted by molar-refractivity contribution is 6.04. The SMILES string of the molecule is O=C(Nc1cccc(-c2ccc(N3CCCC3)nn2)c1)c1cccc(-n2cnnn2)c1. The van der Waals surface area contributed by atoms with Gasteiger partial charge in [0.25, 0.3) is 5.91 Å². The van der Waals surface area contributed by atoms with Crippen molar-refractivity contribution in [1.29, 1.82) is 0 Å². The second-order valence-corrected chi connectivity index (χ2v) is 7.31. The average molecular weight is 412 g/mol. The molecule has 2 aromatic heterocycles. The minimum atomic E-state index is -0.220. The third-order valence-electron chi connectivity index (χ3n) is 5.22. The quantitative estimate of drug-likeness (QED) is 0.538. The van der Waals surface area contributed by atoms with Gasteiger partial charge in [0.05, 0.1) is 11.4 Å². The van der Waals surface area contributed by atoms with Crippen molar-refractivity contribution in [2.45, 2.75) is 12.8 Å². The Labute approximate surface area is 178 Å². The summed E-state index contributed by atoms with van der Waals surface area (Å²) in [4.78, 5) is 15.0. The molecular formula is C22H20N8O. The lowest BCUT2D eigenvalue weighted by atomic mass is 10.1. The van der Waals surface area contributed by atoms with E-state index in [0.29, 0.717) is 16.9 Å². The number of amides is 1. The molecule has 0 spiro atoms. The van der Waals surface area contributed by atoms with E-state index < -0.39 is 0 Å². The van der Waals surface area contributed by atoms with Gasteiger partial charge >= 0.3 is 0 Å². The van der Waals surface area contributed by atoms with Gasteiger partial charge in [-0.3, -0.25) is 4.79 Å². The molecule has 0 bridgehead atoms. The monoisotopic (exact) mass is 412 g/mol. The maximum Gasteiger partial charge on any atom is 0.255 e. The second kappa shape index (κ2) is 8.31. The topological polar surface area (TPSA) is 102 Å². The molecule has 1 aliphatic rings. The molecule has 9 nitrogen and oxygen atoms in total. The Morgan fingerprint density at radius 2 is 1.81 bits per heavy atom. The number of hydrogen-bond acceptors (Lipinski definition) is 7. The van der Waals surface area contributed by atoms with Crippen LogP contribution in [0, 0.1) is 0 Å². The van der Waals surface area contributed by atoms with Crippen LogP contribution in [0.1, 0.15) is 23.2 Å². The van der Waals surface area contributed by atoms with E-state index in [2.05, 4.69) is 35.9 Å². The Morgan fingerprint density at radius 3 is 2.58 bits per heavy atom. The lowest BCUT2D eigenvalue weighted by Gasteiger charge is -2.15. The number of rotatable bonds is 5. The molecule has 154 valence electrons. The van der Waals surface area contributed by atoms with Crippen molar-refractivity contribution >= 4 is 17.4 Å². The van der Waals surface area contributed by atoms with Crippen LogP contribution >= 0.6 is 0 Å². The molecule has 0 atom stereocenters. The molecule has 1 aliphatic heterocycles. The molecule has 0 unspecified atom stereocenters. The second-order valence-electron chi connectivity index (χ2n) is 7.31. The Hall–Kier alpha value is -4.14. The molecule has 4 aromatic rings. The smallest absolute Gasteiger partial charge is 0.255 e. The highest BCUT2D eigenvalue weighted by atomic mass is 16.1. The van der Waals surface area contributed by atoms with Crippen molar-refractivity contribution in [1.82, 2.24) is 30.4 Å². The Balaban J connectivity index is 1.32. The third-order valence-corrected chi connectivity index (χ3v) is 5.22. The summed E-state index contributed by atoms with van der Waals surface area (Å²) in [6.07, 6.45) is 3.88. The number of aromatic nitrogens is 6. The highest BCUT2D eigenvalue weighted by Gasteiger charge is 2.14. The van der Waals surface area contributed by atoms with E-state index in [1.165, 1.54) is 23.9 Å². The van der Waals surface area contributed by atoms with Crippen molar-refractivity contribution in [2.75, 3.05) is 23.3 Å². The summed E-state index contributed by atoms with van der Waals surface area (Å²) in [7, 11) is 0. The molecule has 1 N–H and O–H groups in total. The highest BCUT2D eigenvalue weighted by Crippen LogP contribution is 2.23. The fraction of sp³-hybridized carbons (Fsp3) is 0.182. The maximum absolute atomic E-state index is 12.8. The Kier molecular flexibility index (Phi) is 5.05. The molecule has 1 amide bonds. The first-order valence-corrected chi connectivity index (χ1v) is 10.1. The molecule has 0 aliphatic carbocycles. The number of benzene rings is 2. The molecule has 0 saturated carbocycles. The number of hydrogen-bond donors (Lipinski definition) is 1. The van der Waals surface area contributed by atoms with Crippen molar-refractivity contribution < 1.29 is 4.79 Å². The van der Waals surface area contributed by atoms with Crippen LogP contribution in [-0.4, -0.2) is 49.4 Å². The zero-order valence-electron chi connectivity index (χ0n) is 16.7. The van der Waals surface area contributed by atoms with Gasteiger partial charge in [0.1, 0.15) is 6.33 Å². The number of tetrazole rings is 1. The van der Waals surface area contributed by atoms with Gasteiger partial charge in [0.15, 0.2) is 5.82 Å². The predicted octanol–water partition coefficient (Wildman–Crippen LogP) is 2.97. The van der Waals surface area contributed by atoms with Crippen molar-refractivity contribution in [3.05, 3.63) is 72.6 Å². The largest absolute Gasteiger partial charge is 0.355 e. The standard InChI is InChI=1S/C22H20N8O/c31-22(17-6-4-8-19(14-17)30-15-23-27-28-30)24-18-7-3-5-16(13-18)20-9-10-21(26-25-20)29-11-1-2-12-29/h3-10,13-15H,1-2,11-12H2,(H,24,31). The van der Waals surface area contributed by atoms with Gasteiger partial charge < -0.3 is 10.2 Å². The summed E-state index contributed by atoms with van der Waals surface area (Å²) < 4.78 is 1.50. The van der Waals surface area contributed by atoms with E-state index in [1.54, 1.807) is 18.2 Å². The van der Waals surface area contributed by atoms with Crippen molar-refractivity contribution in [3.8, 4) is 16.9 Å². The summed E-state index contributed by atoms with van der Waals surface area (Å²) in [6, 6.07) is 18.7. The predicted molar refractivity (Wildman–Crippen MR) is 116 cm³/mol. The number of carbonyl (C=O) groups is 1. The van der Waals surface area contributed by atoms with E-state index in [9.17, 15) is 4.79 Å². The summed E-state index contributed by atoms with van der Waals surface area (Å²) in [5, 5.41) is 22.8. The van der Waals surface area contributed by atoms with Crippen LogP contribution in [-0.2, 0) is 0 Å². The molecule has 2 aromatic carbocycles. The van der Waals surface area contributed by atoms with Crippen molar-refractivity contribution in [3.63, 3.8) is 0 Å². The van der Waals surface area contributed by atoms with Crippen LogP contribution in [0.5, 0.6) is 0 Å². The zero-order chi connectivity index (χ0) is 21.0. The van der Waals surface area contributed by atoms with E-state index >= 15 is 0 Å². The summed E-state index contributed by atoms with van der Waals surface area (Å²) >= 11 is 0. The average Bonchev–Trinajstić information content (AvgIpc) is 3.54. The minimum Gasteiger partial charge on any atom is -0.355 e. The fourth-order valence-electron chi connectivity index (χ4n) is 3.62. The molecular weight excluding hydrogens is 392 g/mol. The summed E-state index contributed by atoms with van der Waals surface area (Å²) in [6.45, 7) is 2.06. The minimum absolute atomic E-state index is 0.220. The van der Waals surface area contributed by atoms with Crippen molar-refractivity contribution in [2.24, 2.45) is 0 Å². The van der Waals surface area contributed by atoms with Gasteiger partial charge in [-0.05, 0) is 65.7 Å². The first kappa shape index (κ1) is 18.9.